The van der Waals surface area contributed by atoms with Crippen LogP contribution < -0.4 is 10.1 Å². The van der Waals surface area contributed by atoms with Crippen LogP contribution in [0.5, 0.6) is 5.75 Å². The highest BCUT2D eigenvalue weighted by Crippen LogP contribution is 2.20. The van der Waals surface area contributed by atoms with Crippen LogP contribution in [0.15, 0.2) is 53.4 Å². The summed E-state index contributed by atoms with van der Waals surface area (Å²) in [5, 5.41) is 2.96. The van der Waals surface area contributed by atoms with Crippen molar-refractivity contribution in [2.24, 2.45) is 0 Å². The predicted octanol–water partition coefficient (Wildman–Crippen LogP) is 3.43. The molecule has 0 radical (unpaired) electrons. The molecule has 0 aliphatic rings. The van der Waals surface area contributed by atoms with Crippen molar-refractivity contribution in [1.82, 2.24) is 5.32 Å². The average Bonchev–Trinajstić information content (AvgIpc) is 2.60. The average molecular weight is 375 g/mol. The van der Waals surface area contributed by atoms with Gasteiger partial charge < -0.3 is 10.1 Å². The first-order chi connectivity index (χ1) is 12.2. The molecule has 6 heteroatoms. The van der Waals surface area contributed by atoms with Crippen molar-refractivity contribution in [3.05, 3.63) is 59.7 Å². The van der Waals surface area contributed by atoms with Gasteiger partial charge in [0.1, 0.15) is 5.75 Å². The molecule has 1 amide bonds. The third kappa shape index (κ3) is 5.33. The quantitative estimate of drug-likeness (QED) is 0.805. The number of hydrogen-bond acceptors (Lipinski definition) is 4. The largest absolute Gasteiger partial charge is 0.481 e. The summed E-state index contributed by atoms with van der Waals surface area (Å²) in [6, 6.07) is 13.9. The van der Waals surface area contributed by atoms with Gasteiger partial charge in [0.25, 0.3) is 5.91 Å². The summed E-state index contributed by atoms with van der Waals surface area (Å²) in [6.07, 6.45) is 1.22. The smallest absolute Gasteiger partial charge is 0.261 e. The topological polar surface area (TPSA) is 72.5 Å². The molecule has 0 unspecified atom stereocenters. The van der Waals surface area contributed by atoms with E-state index < -0.39 is 15.9 Å². The van der Waals surface area contributed by atoms with Crippen molar-refractivity contribution < 1.29 is 17.9 Å². The van der Waals surface area contributed by atoms with Crippen LogP contribution in [0.3, 0.4) is 0 Å². The van der Waals surface area contributed by atoms with Crippen molar-refractivity contribution in [2.45, 2.75) is 44.2 Å². The number of hydrogen-bond donors (Lipinski definition) is 1. The Balaban J connectivity index is 2.04. The molecule has 0 bridgehead atoms. The van der Waals surface area contributed by atoms with Crippen LogP contribution >= 0.6 is 0 Å². The van der Waals surface area contributed by atoms with Crippen LogP contribution in [0.4, 0.5) is 0 Å². The molecule has 2 aromatic rings. The van der Waals surface area contributed by atoms with Gasteiger partial charge in [0.05, 0.1) is 10.9 Å². The van der Waals surface area contributed by atoms with E-state index in [9.17, 15) is 13.2 Å². The zero-order chi connectivity index (χ0) is 19.3. The number of amides is 1. The number of aryl methyl sites for hydroxylation is 1. The van der Waals surface area contributed by atoms with Gasteiger partial charge in [-0.15, -0.1) is 0 Å². The monoisotopic (exact) mass is 375 g/mol. The molecule has 0 saturated carbocycles. The van der Waals surface area contributed by atoms with E-state index in [1.807, 2.05) is 38.1 Å². The number of ether oxygens (including phenoxy) is 1. The predicted molar refractivity (Wildman–Crippen MR) is 102 cm³/mol. The highest BCUT2D eigenvalue weighted by Gasteiger charge is 2.19. The normalized spacial score (nSPS) is 13.7. The van der Waals surface area contributed by atoms with Gasteiger partial charge in [0.2, 0.25) is 0 Å². The van der Waals surface area contributed by atoms with E-state index in [1.165, 1.54) is 6.26 Å². The minimum Gasteiger partial charge on any atom is -0.481 e. The van der Waals surface area contributed by atoms with E-state index in [0.29, 0.717) is 12.2 Å². The third-order valence-electron chi connectivity index (χ3n) is 4.14. The zero-order valence-corrected chi connectivity index (χ0v) is 16.3. The molecule has 2 rings (SSSR count). The lowest BCUT2D eigenvalue weighted by Crippen LogP contribution is -2.38. The second-order valence-electron chi connectivity index (χ2n) is 6.38. The van der Waals surface area contributed by atoms with Crippen molar-refractivity contribution >= 4 is 15.7 Å². The van der Waals surface area contributed by atoms with Crippen LogP contribution in [-0.4, -0.2) is 26.7 Å². The van der Waals surface area contributed by atoms with Crippen molar-refractivity contribution in [3.63, 3.8) is 0 Å². The Morgan fingerprint density at radius 2 is 1.65 bits per heavy atom. The summed E-state index contributed by atoms with van der Waals surface area (Å²) in [5.41, 5.74) is 1.98. The summed E-state index contributed by atoms with van der Waals surface area (Å²) in [6.45, 7) is 5.65. The number of carbonyl (C=O) groups is 1. The minimum atomic E-state index is -3.23. The van der Waals surface area contributed by atoms with E-state index >= 15 is 0 Å². The number of rotatable bonds is 7. The fraction of sp³-hybridized carbons (Fsp3) is 0.350. The Morgan fingerprint density at radius 1 is 1.08 bits per heavy atom. The van der Waals surface area contributed by atoms with Crippen molar-refractivity contribution in [3.8, 4) is 5.75 Å². The molecular weight excluding hydrogens is 350 g/mol. The van der Waals surface area contributed by atoms with E-state index in [0.717, 1.165) is 11.1 Å². The lowest BCUT2D eigenvalue weighted by Gasteiger charge is -2.21. The minimum absolute atomic E-state index is 0.208. The maximum Gasteiger partial charge on any atom is 0.261 e. The number of benzene rings is 2. The summed E-state index contributed by atoms with van der Waals surface area (Å²) >= 11 is 0. The molecule has 0 heterocycles. The molecule has 0 aromatic heterocycles. The first-order valence-electron chi connectivity index (χ1n) is 8.54. The SMILES string of the molecule is CC[C@@H](NC(=O)[C@@H](C)Oc1ccc(C)cc1)c1ccc(S(C)(=O)=O)cc1. The first-order valence-corrected chi connectivity index (χ1v) is 10.4. The van der Waals surface area contributed by atoms with Gasteiger partial charge in [-0.25, -0.2) is 8.42 Å². The molecule has 2 atom stereocenters. The number of nitrogens with one attached hydrogen (secondary N) is 1. The Kier molecular flexibility index (Phi) is 6.42. The van der Waals surface area contributed by atoms with Gasteiger partial charge in [0, 0.05) is 6.26 Å². The molecule has 26 heavy (non-hydrogen) atoms. The number of sulfone groups is 1. The van der Waals surface area contributed by atoms with E-state index in [4.69, 9.17) is 4.74 Å². The number of carbonyl (C=O) groups excluding carboxylic acids is 1. The molecule has 5 nitrogen and oxygen atoms in total. The van der Waals surface area contributed by atoms with E-state index in [1.54, 1.807) is 31.2 Å². The Hall–Kier alpha value is -2.34. The summed E-state index contributed by atoms with van der Waals surface area (Å²) < 4.78 is 28.8. The summed E-state index contributed by atoms with van der Waals surface area (Å²) in [5.74, 6) is 0.424. The molecule has 0 aliphatic heterocycles. The lowest BCUT2D eigenvalue weighted by atomic mass is 10.0. The van der Waals surface area contributed by atoms with Gasteiger partial charge in [-0.1, -0.05) is 36.8 Å². The fourth-order valence-electron chi connectivity index (χ4n) is 2.53. The molecule has 0 fully saturated rings. The van der Waals surface area contributed by atoms with Gasteiger partial charge >= 0.3 is 0 Å². The second-order valence-corrected chi connectivity index (χ2v) is 8.40. The Labute approximate surface area is 155 Å². The lowest BCUT2D eigenvalue weighted by molar-refractivity contribution is -0.128. The molecule has 140 valence electrons. The van der Waals surface area contributed by atoms with Gasteiger partial charge in [-0.05, 0) is 50.1 Å². The van der Waals surface area contributed by atoms with E-state index in [-0.39, 0.29) is 16.8 Å². The van der Waals surface area contributed by atoms with Crippen LogP contribution in [0.2, 0.25) is 0 Å². The van der Waals surface area contributed by atoms with Crippen LogP contribution in [0.25, 0.3) is 0 Å². The Morgan fingerprint density at radius 3 is 2.15 bits per heavy atom. The maximum absolute atomic E-state index is 12.5. The highest BCUT2D eigenvalue weighted by molar-refractivity contribution is 7.90. The standard InChI is InChI=1S/C20H25NO4S/c1-5-19(16-8-12-18(13-9-16)26(4,23)24)21-20(22)15(3)25-17-10-6-14(2)7-11-17/h6-13,15,19H,5H2,1-4H3,(H,21,22)/t15-,19-/m1/s1. The molecule has 0 spiro atoms. The Bertz CT molecular complexity index is 842. The zero-order valence-electron chi connectivity index (χ0n) is 15.5. The molecular formula is C20H25NO4S. The van der Waals surface area contributed by atoms with Crippen molar-refractivity contribution in [2.75, 3.05) is 6.26 Å². The second kappa shape index (κ2) is 8.36. The molecule has 0 saturated heterocycles. The van der Waals surface area contributed by atoms with Crippen LogP contribution in [0.1, 0.15) is 37.4 Å². The van der Waals surface area contributed by atoms with Crippen molar-refractivity contribution in [1.29, 1.82) is 0 Å². The van der Waals surface area contributed by atoms with Crippen LogP contribution in [-0.2, 0) is 14.6 Å². The summed E-state index contributed by atoms with van der Waals surface area (Å²) in [4.78, 5) is 12.7. The van der Waals surface area contributed by atoms with Crippen LogP contribution in [0, 0.1) is 6.92 Å². The molecule has 0 aliphatic carbocycles. The summed E-state index contributed by atoms with van der Waals surface area (Å²) in [7, 11) is -3.23. The molecule has 1 N–H and O–H groups in total. The molecule has 2 aromatic carbocycles. The maximum atomic E-state index is 12.5. The van der Waals surface area contributed by atoms with Gasteiger partial charge in [-0.3, -0.25) is 4.79 Å². The third-order valence-corrected chi connectivity index (χ3v) is 5.27. The van der Waals surface area contributed by atoms with Gasteiger partial charge in [-0.2, -0.15) is 0 Å². The first kappa shape index (κ1) is 20.0. The highest BCUT2D eigenvalue weighted by atomic mass is 32.2. The van der Waals surface area contributed by atoms with E-state index in [2.05, 4.69) is 5.32 Å². The fourth-order valence-corrected chi connectivity index (χ4v) is 3.16. The van der Waals surface area contributed by atoms with Gasteiger partial charge in [0.15, 0.2) is 15.9 Å².